The van der Waals surface area contributed by atoms with Crippen molar-refractivity contribution < 1.29 is 10.2 Å². The lowest BCUT2D eigenvalue weighted by molar-refractivity contribution is 0.0793. The first-order valence-electron chi connectivity index (χ1n) is 5.92. The lowest BCUT2D eigenvalue weighted by atomic mass is 9.95. The number of hydrogen-bond acceptors (Lipinski definition) is 3. The normalized spacial score (nSPS) is 13.7. The predicted octanol–water partition coefficient (Wildman–Crippen LogP) is 2.89. The highest BCUT2D eigenvalue weighted by molar-refractivity contribution is 9.10. The highest BCUT2D eigenvalue weighted by Gasteiger charge is 2.28. The second-order valence-electron chi connectivity index (χ2n) is 4.48. The van der Waals surface area contributed by atoms with Crippen LogP contribution in [-0.4, -0.2) is 29.0 Å². The van der Waals surface area contributed by atoms with Gasteiger partial charge in [0.2, 0.25) is 0 Å². The van der Waals surface area contributed by atoms with Crippen LogP contribution in [0.1, 0.15) is 31.9 Å². The van der Waals surface area contributed by atoms with Gasteiger partial charge < -0.3 is 15.5 Å². The smallest absolute Gasteiger partial charge is 0.0650 e. The Morgan fingerprint density at radius 2 is 2.00 bits per heavy atom. The molecule has 1 unspecified atom stereocenters. The van der Waals surface area contributed by atoms with Gasteiger partial charge in [-0.3, -0.25) is 0 Å². The van der Waals surface area contributed by atoms with Gasteiger partial charge in [-0.25, -0.2) is 0 Å². The fourth-order valence-electron chi connectivity index (χ4n) is 1.86. The first-order valence-corrected chi connectivity index (χ1v) is 7.09. The maximum absolute atomic E-state index is 9.42. The molecule has 0 aliphatic rings. The van der Waals surface area contributed by atoms with Crippen molar-refractivity contribution in [3.63, 3.8) is 0 Å². The Labute approximate surface area is 121 Å². The van der Waals surface area contributed by atoms with Gasteiger partial charge >= 0.3 is 0 Å². The van der Waals surface area contributed by atoms with E-state index in [9.17, 15) is 10.2 Å². The molecule has 0 aliphatic carbocycles. The van der Waals surface area contributed by atoms with Crippen molar-refractivity contribution in [3.05, 3.63) is 33.3 Å². The van der Waals surface area contributed by atoms with Crippen molar-refractivity contribution in [2.45, 2.75) is 31.8 Å². The Balaban J connectivity index is 2.90. The van der Waals surface area contributed by atoms with Crippen LogP contribution in [0, 0.1) is 0 Å². The first kappa shape index (κ1) is 15.9. The summed E-state index contributed by atoms with van der Waals surface area (Å²) in [4.78, 5) is 0. The zero-order chi connectivity index (χ0) is 13.8. The molecule has 102 valence electrons. The molecule has 0 fully saturated rings. The maximum Gasteiger partial charge on any atom is 0.0650 e. The lowest BCUT2D eigenvalue weighted by Gasteiger charge is -2.33. The van der Waals surface area contributed by atoms with Crippen molar-refractivity contribution in [2.24, 2.45) is 0 Å². The van der Waals surface area contributed by atoms with E-state index in [0.29, 0.717) is 11.4 Å². The van der Waals surface area contributed by atoms with E-state index in [0.717, 1.165) is 10.0 Å². The standard InChI is InChI=1S/C13H19BrClNO2/c1-3-13(7-17,8-18)16-9(2)11-5-4-10(14)6-12(11)15/h4-6,9,16-18H,3,7-8H2,1-2H3. The molecule has 3 N–H and O–H groups in total. The van der Waals surface area contributed by atoms with E-state index >= 15 is 0 Å². The molecule has 5 heteroatoms. The minimum Gasteiger partial charge on any atom is -0.394 e. The molecule has 1 rings (SSSR count). The Morgan fingerprint density at radius 1 is 1.39 bits per heavy atom. The maximum atomic E-state index is 9.42. The second kappa shape index (κ2) is 6.87. The fraction of sp³-hybridized carbons (Fsp3) is 0.538. The molecule has 0 saturated heterocycles. The number of nitrogens with one attached hydrogen (secondary N) is 1. The molecule has 0 heterocycles. The van der Waals surface area contributed by atoms with E-state index in [1.54, 1.807) is 0 Å². The molecule has 0 radical (unpaired) electrons. The molecule has 18 heavy (non-hydrogen) atoms. The van der Waals surface area contributed by atoms with Gasteiger partial charge in [0.1, 0.15) is 0 Å². The monoisotopic (exact) mass is 335 g/mol. The van der Waals surface area contributed by atoms with Crippen LogP contribution < -0.4 is 5.32 Å². The zero-order valence-electron chi connectivity index (χ0n) is 10.6. The van der Waals surface area contributed by atoms with Crippen LogP contribution in [0.5, 0.6) is 0 Å². The van der Waals surface area contributed by atoms with E-state index in [2.05, 4.69) is 21.2 Å². The third kappa shape index (κ3) is 3.68. The van der Waals surface area contributed by atoms with Crippen LogP contribution in [0.2, 0.25) is 5.02 Å². The Bertz CT molecular complexity index is 388. The van der Waals surface area contributed by atoms with Crippen molar-refractivity contribution in [1.82, 2.24) is 5.32 Å². The summed E-state index contributed by atoms with van der Waals surface area (Å²) in [7, 11) is 0. The Kier molecular flexibility index (Phi) is 6.08. The van der Waals surface area contributed by atoms with Crippen molar-refractivity contribution >= 4 is 27.5 Å². The van der Waals surface area contributed by atoms with Crippen LogP contribution in [0.25, 0.3) is 0 Å². The molecule has 0 saturated carbocycles. The first-order chi connectivity index (χ1) is 8.48. The average Bonchev–Trinajstić information content (AvgIpc) is 2.36. The summed E-state index contributed by atoms with van der Waals surface area (Å²) in [6.07, 6.45) is 0.637. The topological polar surface area (TPSA) is 52.5 Å². The van der Waals surface area contributed by atoms with E-state index in [1.807, 2.05) is 32.0 Å². The van der Waals surface area contributed by atoms with E-state index in [-0.39, 0.29) is 19.3 Å². The largest absolute Gasteiger partial charge is 0.394 e. The van der Waals surface area contributed by atoms with Gasteiger partial charge in [-0.1, -0.05) is 40.5 Å². The quantitative estimate of drug-likeness (QED) is 0.749. The van der Waals surface area contributed by atoms with Gasteiger partial charge in [0, 0.05) is 15.5 Å². The summed E-state index contributed by atoms with van der Waals surface area (Å²) in [5, 5.41) is 22.8. The highest BCUT2D eigenvalue weighted by atomic mass is 79.9. The fourth-order valence-corrected chi connectivity index (χ4v) is 2.69. The third-order valence-corrected chi connectivity index (χ3v) is 4.05. The molecular weight excluding hydrogens is 318 g/mol. The number of aliphatic hydroxyl groups excluding tert-OH is 2. The third-order valence-electron chi connectivity index (χ3n) is 3.23. The Morgan fingerprint density at radius 3 is 2.44 bits per heavy atom. The number of rotatable bonds is 6. The number of hydrogen-bond donors (Lipinski definition) is 3. The average molecular weight is 337 g/mol. The molecular formula is C13H19BrClNO2. The minimum absolute atomic E-state index is 0.0511. The minimum atomic E-state index is -0.671. The number of halogens is 2. The summed E-state index contributed by atoms with van der Waals surface area (Å²) in [6, 6.07) is 5.63. The second-order valence-corrected chi connectivity index (χ2v) is 5.80. The summed E-state index contributed by atoms with van der Waals surface area (Å²) < 4.78 is 0.925. The highest BCUT2D eigenvalue weighted by Crippen LogP contribution is 2.28. The molecule has 1 aromatic rings. The van der Waals surface area contributed by atoms with Crippen molar-refractivity contribution in [2.75, 3.05) is 13.2 Å². The zero-order valence-corrected chi connectivity index (χ0v) is 12.9. The molecule has 0 amide bonds. The van der Waals surface area contributed by atoms with Gasteiger partial charge in [-0.2, -0.15) is 0 Å². The van der Waals surface area contributed by atoms with Crippen LogP contribution in [-0.2, 0) is 0 Å². The van der Waals surface area contributed by atoms with Gasteiger partial charge in [-0.15, -0.1) is 0 Å². The molecule has 3 nitrogen and oxygen atoms in total. The summed E-state index contributed by atoms with van der Waals surface area (Å²) in [5.41, 5.74) is 0.273. The predicted molar refractivity (Wildman–Crippen MR) is 77.9 cm³/mol. The summed E-state index contributed by atoms with van der Waals surface area (Å²) in [6.45, 7) is 3.66. The molecule has 0 spiro atoms. The molecule has 0 aromatic heterocycles. The van der Waals surface area contributed by atoms with Crippen LogP contribution in [0.4, 0.5) is 0 Å². The summed E-state index contributed by atoms with van der Waals surface area (Å²) >= 11 is 9.55. The summed E-state index contributed by atoms with van der Waals surface area (Å²) in [5.74, 6) is 0. The van der Waals surface area contributed by atoms with Gasteiger partial charge in [0.15, 0.2) is 0 Å². The van der Waals surface area contributed by atoms with Crippen LogP contribution in [0.15, 0.2) is 22.7 Å². The van der Waals surface area contributed by atoms with Crippen LogP contribution in [0.3, 0.4) is 0 Å². The molecule has 1 atom stereocenters. The lowest BCUT2D eigenvalue weighted by Crippen LogP contribution is -2.52. The van der Waals surface area contributed by atoms with E-state index in [1.165, 1.54) is 0 Å². The van der Waals surface area contributed by atoms with Gasteiger partial charge in [0.25, 0.3) is 0 Å². The van der Waals surface area contributed by atoms with Crippen molar-refractivity contribution in [3.8, 4) is 0 Å². The van der Waals surface area contributed by atoms with Crippen molar-refractivity contribution in [1.29, 1.82) is 0 Å². The number of benzene rings is 1. The SMILES string of the molecule is CCC(CO)(CO)NC(C)c1ccc(Br)cc1Cl. The molecule has 1 aromatic carbocycles. The molecule has 0 bridgehead atoms. The van der Waals surface area contributed by atoms with Crippen LogP contribution >= 0.6 is 27.5 Å². The molecule has 0 aliphatic heterocycles. The van der Waals surface area contributed by atoms with Gasteiger partial charge in [-0.05, 0) is 31.0 Å². The van der Waals surface area contributed by atoms with E-state index < -0.39 is 5.54 Å². The number of aliphatic hydroxyl groups is 2. The Hall–Kier alpha value is -0.130. The van der Waals surface area contributed by atoms with Gasteiger partial charge in [0.05, 0.1) is 18.8 Å². The van der Waals surface area contributed by atoms with E-state index in [4.69, 9.17) is 11.6 Å².